The summed E-state index contributed by atoms with van der Waals surface area (Å²) in [5, 5.41) is 0. The van der Waals surface area contributed by atoms with Crippen molar-refractivity contribution in [1.29, 1.82) is 0 Å². The zero-order valence-electron chi connectivity index (χ0n) is 9.27. The van der Waals surface area contributed by atoms with Crippen LogP contribution < -0.4 is 12.4 Å². The average Bonchev–Trinajstić information content (AvgIpc) is 2.12. The third kappa shape index (κ3) is 1.92. The second-order valence-electron chi connectivity index (χ2n) is 4.95. The monoisotopic (exact) mass is 230 g/mol. The number of hydrogen-bond donors (Lipinski definition) is 0. The zero-order chi connectivity index (χ0) is 9.60. The number of hydrogen-bond acceptors (Lipinski definition) is 3. The van der Waals surface area contributed by atoms with Gasteiger partial charge < -0.3 is 12.4 Å². The maximum Gasteiger partial charge on any atom is 0.139 e. The van der Waals surface area contributed by atoms with E-state index in [9.17, 15) is 0 Å². The second kappa shape index (κ2) is 4.03. The lowest BCUT2D eigenvalue weighted by Crippen LogP contribution is -3.00. The third-order valence-corrected chi connectivity index (χ3v) is 3.43. The van der Waals surface area contributed by atoms with Crippen LogP contribution in [0.4, 0.5) is 0 Å². The fourth-order valence-electron chi connectivity index (χ4n) is 3.16. The van der Waals surface area contributed by atoms with E-state index in [-0.39, 0.29) is 12.4 Å². The minimum Gasteiger partial charge on any atom is -1.00 e. The molecule has 0 aromatic rings. The van der Waals surface area contributed by atoms with Crippen molar-refractivity contribution in [1.82, 2.24) is 14.7 Å². The molecular formula is C10H19ClN4. The summed E-state index contributed by atoms with van der Waals surface area (Å²) < 4.78 is 1.23. The Balaban J connectivity index is 0.000000853. The van der Waals surface area contributed by atoms with E-state index in [0.29, 0.717) is 0 Å². The first-order valence-electron chi connectivity index (χ1n) is 5.43. The Bertz CT molecular complexity index is 231. The van der Waals surface area contributed by atoms with Gasteiger partial charge in [0.05, 0.1) is 20.0 Å². The molecule has 0 amide bonds. The van der Waals surface area contributed by atoms with Crippen LogP contribution in [0.1, 0.15) is 6.92 Å². The summed E-state index contributed by atoms with van der Waals surface area (Å²) >= 11 is 0. The molecule has 4 nitrogen and oxygen atoms in total. The van der Waals surface area contributed by atoms with Gasteiger partial charge in [-0.15, -0.1) is 0 Å². The SMILES string of the molecule is C/C=C/C[N+]12CN3CN(CN(C3)C1)C2.[Cl-]. The van der Waals surface area contributed by atoms with Crippen LogP contribution in [-0.4, -0.2) is 65.7 Å². The van der Waals surface area contributed by atoms with Gasteiger partial charge in [0.15, 0.2) is 0 Å². The molecule has 4 aliphatic heterocycles. The van der Waals surface area contributed by atoms with Crippen molar-refractivity contribution in [3.63, 3.8) is 0 Å². The molecule has 5 heteroatoms. The van der Waals surface area contributed by atoms with Crippen molar-refractivity contribution < 1.29 is 16.9 Å². The van der Waals surface area contributed by atoms with Crippen molar-refractivity contribution in [2.45, 2.75) is 6.92 Å². The Kier molecular flexibility index (Phi) is 3.05. The largest absolute Gasteiger partial charge is 1.00 e. The first-order chi connectivity index (χ1) is 6.80. The van der Waals surface area contributed by atoms with Crippen LogP contribution >= 0.6 is 0 Å². The van der Waals surface area contributed by atoms with E-state index < -0.39 is 0 Å². The van der Waals surface area contributed by atoms with Crippen molar-refractivity contribution in [3.05, 3.63) is 12.2 Å². The summed E-state index contributed by atoms with van der Waals surface area (Å²) in [7, 11) is 0. The lowest BCUT2D eigenvalue weighted by Gasteiger charge is -2.60. The van der Waals surface area contributed by atoms with Gasteiger partial charge in [-0.2, -0.15) is 0 Å². The molecule has 4 bridgehead atoms. The normalized spacial score (nSPS) is 47.1. The van der Waals surface area contributed by atoms with E-state index in [1.807, 2.05) is 0 Å². The van der Waals surface area contributed by atoms with Crippen LogP contribution in [0.15, 0.2) is 12.2 Å². The van der Waals surface area contributed by atoms with Crippen LogP contribution in [0.3, 0.4) is 0 Å². The van der Waals surface area contributed by atoms with Gasteiger partial charge in [-0.25, -0.2) is 14.7 Å². The Morgan fingerprint density at radius 3 is 1.87 bits per heavy atom. The fourth-order valence-corrected chi connectivity index (χ4v) is 3.16. The lowest BCUT2D eigenvalue weighted by atomic mass is 10.3. The molecule has 0 spiro atoms. The number of rotatable bonds is 2. The van der Waals surface area contributed by atoms with E-state index in [1.165, 1.54) is 51.0 Å². The van der Waals surface area contributed by atoms with Crippen LogP contribution in [-0.2, 0) is 0 Å². The molecule has 4 saturated heterocycles. The van der Waals surface area contributed by atoms with Gasteiger partial charge in [0, 0.05) is 0 Å². The number of allylic oxidation sites excluding steroid dienone is 1. The van der Waals surface area contributed by atoms with Gasteiger partial charge in [-0.1, -0.05) is 6.08 Å². The van der Waals surface area contributed by atoms with Gasteiger partial charge in [-0.05, 0) is 13.0 Å². The molecule has 0 N–H and O–H groups in total. The highest BCUT2D eigenvalue weighted by Gasteiger charge is 2.47. The molecule has 0 radical (unpaired) electrons. The highest BCUT2D eigenvalue weighted by molar-refractivity contribution is 4.81. The first kappa shape index (κ1) is 11.4. The molecule has 86 valence electrons. The summed E-state index contributed by atoms with van der Waals surface area (Å²) in [4.78, 5) is 7.67. The van der Waals surface area contributed by atoms with Gasteiger partial charge in [0.1, 0.15) is 26.6 Å². The van der Waals surface area contributed by atoms with E-state index in [0.717, 1.165) is 0 Å². The molecule has 0 aliphatic carbocycles. The van der Waals surface area contributed by atoms with E-state index in [4.69, 9.17) is 0 Å². The van der Waals surface area contributed by atoms with E-state index in [1.54, 1.807) is 0 Å². The predicted octanol–water partition coefficient (Wildman–Crippen LogP) is -2.92. The molecule has 15 heavy (non-hydrogen) atoms. The average molecular weight is 231 g/mol. The third-order valence-electron chi connectivity index (χ3n) is 3.43. The van der Waals surface area contributed by atoms with Gasteiger partial charge in [0.25, 0.3) is 0 Å². The minimum atomic E-state index is 0. The molecule has 4 heterocycles. The predicted molar refractivity (Wildman–Crippen MR) is 54.7 cm³/mol. The van der Waals surface area contributed by atoms with Crippen molar-refractivity contribution in [3.8, 4) is 0 Å². The molecule has 0 unspecified atom stereocenters. The smallest absolute Gasteiger partial charge is 0.139 e. The summed E-state index contributed by atoms with van der Waals surface area (Å²) in [6.07, 6.45) is 4.49. The Labute approximate surface area is 97.7 Å². The molecular weight excluding hydrogens is 212 g/mol. The molecule has 4 aliphatic rings. The Morgan fingerprint density at radius 1 is 1.00 bits per heavy atom. The molecule has 0 saturated carbocycles. The first-order valence-corrected chi connectivity index (χ1v) is 5.43. The van der Waals surface area contributed by atoms with Crippen molar-refractivity contribution in [2.24, 2.45) is 0 Å². The highest BCUT2D eigenvalue weighted by atomic mass is 35.5. The van der Waals surface area contributed by atoms with Crippen molar-refractivity contribution >= 4 is 0 Å². The summed E-state index contributed by atoms with van der Waals surface area (Å²) in [5.41, 5.74) is 0. The van der Waals surface area contributed by atoms with Crippen LogP contribution in [0.5, 0.6) is 0 Å². The van der Waals surface area contributed by atoms with Crippen molar-refractivity contribution in [2.75, 3.05) is 46.6 Å². The van der Waals surface area contributed by atoms with Crippen LogP contribution in [0.2, 0.25) is 0 Å². The summed E-state index contributed by atoms with van der Waals surface area (Å²) in [6, 6.07) is 0. The maximum atomic E-state index is 2.56. The fraction of sp³-hybridized carbons (Fsp3) is 0.800. The standard InChI is InChI=1S/C10H19N4.ClH/c1-2-3-4-14-8-11-5-12(9-14)7-13(6-11)10-14;/h2-3H,4-10H2,1H3;1H/q+1;/p-1/b3-2+;. The Morgan fingerprint density at radius 2 is 1.47 bits per heavy atom. The van der Waals surface area contributed by atoms with E-state index in [2.05, 4.69) is 33.8 Å². The zero-order valence-corrected chi connectivity index (χ0v) is 10.0. The van der Waals surface area contributed by atoms with E-state index >= 15 is 0 Å². The quantitative estimate of drug-likeness (QED) is 0.372. The van der Waals surface area contributed by atoms with Gasteiger partial charge >= 0.3 is 0 Å². The molecule has 0 aromatic carbocycles. The topological polar surface area (TPSA) is 9.72 Å². The van der Waals surface area contributed by atoms with Crippen LogP contribution in [0, 0.1) is 0 Å². The summed E-state index contributed by atoms with van der Waals surface area (Å²) in [5.74, 6) is 0. The van der Waals surface area contributed by atoms with Crippen LogP contribution in [0.25, 0.3) is 0 Å². The molecule has 0 aromatic heterocycles. The Hall–Kier alpha value is -0.130. The molecule has 4 fully saturated rings. The van der Waals surface area contributed by atoms with Gasteiger partial charge in [-0.3, -0.25) is 4.48 Å². The number of nitrogens with zero attached hydrogens (tertiary/aromatic N) is 4. The minimum absolute atomic E-state index is 0. The van der Waals surface area contributed by atoms with Gasteiger partial charge in [0.2, 0.25) is 0 Å². The maximum absolute atomic E-state index is 2.56. The lowest BCUT2D eigenvalue weighted by molar-refractivity contribution is -0.975. The summed E-state index contributed by atoms with van der Waals surface area (Å²) in [6.45, 7) is 10.6. The molecule has 4 rings (SSSR count). The molecule has 0 atom stereocenters. The number of quaternary nitrogens is 1. The number of halogens is 1. The second-order valence-corrected chi connectivity index (χ2v) is 4.95. The highest BCUT2D eigenvalue weighted by Crippen LogP contribution is 2.28.